The van der Waals surface area contributed by atoms with Crippen molar-refractivity contribution in [1.29, 1.82) is 0 Å². The Bertz CT molecular complexity index is 1050. The van der Waals surface area contributed by atoms with Crippen molar-refractivity contribution in [3.63, 3.8) is 0 Å². The van der Waals surface area contributed by atoms with Crippen molar-refractivity contribution in [3.8, 4) is 22.9 Å². The number of amides is 1. The normalized spacial score (nSPS) is 11.0. The van der Waals surface area contributed by atoms with Crippen LogP contribution in [0.15, 0.2) is 69.0 Å². The number of furan rings is 2. The number of halogens is 1. The fraction of sp³-hybridized carbons (Fsp3) is 0.143. The smallest absolute Gasteiger partial charge is 0.225 e. The molecule has 0 aliphatic rings. The number of anilines is 1. The molecule has 0 radical (unpaired) electrons. The summed E-state index contributed by atoms with van der Waals surface area (Å²) in [6, 6.07) is 12.8. The summed E-state index contributed by atoms with van der Waals surface area (Å²) in [5, 5.41) is 4.18. The summed E-state index contributed by atoms with van der Waals surface area (Å²) in [5.41, 5.74) is 3.07. The van der Waals surface area contributed by atoms with Gasteiger partial charge in [0, 0.05) is 22.9 Å². The molecule has 2 N–H and O–H groups in total. The van der Waals surface area contributed by atoms with Crippen molar-refractivity contribution < 1.29 is 13.6 Å². The highest BCUT2D eigenvalue weighted by Gasteiger charge is 2.18. The van der Waals surface area contributed by atoms with Crippen LogP contribution in [0.1, 0.15) is 12.0 Å². The summed E-state index contributed by atoms with van der Waals surface area (Å²) in [4.78, 5) is 20.1. The number of carbonyl (C=O) groups is 1. The Morgan fingerprint density at radius 3 is 2.62 bits per heavy atom. The Hall–Kier alpha value is -2.90. The van der Waals surface area contributed by atoms with Crippen LogP contribution < -0.4 is 5.32 Å². The summed E-state index contributed by atoms with van der Waals surface area (Å²) in [6.45, 7) is 1.92. The van der Waals surface area contributed by atoms with E-state index in [9.17, 15) is 4.79 Å². The van der Waals surface area contributed by atoms with Crippen molar-refractivity contribution >= 4 is 35.0 Å². The molecule has 0 saturated carbocycles. The minimum atomic E-state index is -0.0820. The van der Waals surface area contributed by atoms with Crippen LogP contribution in [0.5, 0.6) is 0 Å². The lowest BCUT2D eigenvalue weighted by atomic mass is 10.2. The molecule has 0 aliphatic carbocycles. The maximum absolute atomic E-state index is 12.2. The van der Waals surface area contributed by atoms with Crippen LogP contribution in [0.25, 0.3) is 22.9 Å². The fourth-order valence-corrected chi connectivity index (χ4v) is 3.74. The van der Waals surface area contributed by atoms with Crippen LogP contribution in [-0.4, -0.2) is 21.6 Å². The number of imidazole rings is 1. The average molecular weight is 428 g/mol. The molecule has 1 amide bonds. The first-order valence-corrected chi connectivity index (χ1v) is 10.3. The van der Waals surface area contributed by atoms with E-state index in [2.05, 4.69) is 15.3 Å². The molecule has 4 aromatic rings. The molecular formula is C21H18ClN3O3S. The second-order valence-electron chi connectivity index (χ2n) is 6.33. The number of thioether (sulfide) groups is 1. The number of rotatable bonds is 7. The van der Waals surface area contributed by atoms with Gasteiger partial charge in [0.05, 0.1) is 12.5 Å². The zero-order valence-corrected chi connectivity index (χ0v) is 17.1. The number of aromatic nitrogens is 2. The lowest BCUT2D eigenvalue weighted by Gasteiger charge is -2.06. The lowest BCUT2D eigenvalue weighted by Crippen LogP contribution is -2.12. The van der Waals surface area contributed by atoms with Crippen LogP contribution in [0.4, 0.5) is 5.69 Å². The third kappa shape index (κ3) is 4.58. The van der Waals surface area contributed by atoms with Crippen LogP contribution in [-0.2, 0) is 4.79 Å². The quantitative estimate of drug-likeness (QED) is 0.353. The van der Waals surface area contributed by atoms with Gasteiger partial charge in [-0.1, -0.05) is 29.4 Å². The van der Waals surface area contributed by atoms with E-state index in [1.165, 1.54) is 11.8 Å². The molecule has 4 rings (SSSR count). The SMILES string of the molecule is Cc1ccc(NC(=O)CCSc2nc(-c3ccco3)c(-c3ccco3)[nH]2)cc1Cl. The van der Waals surface area contributed by atoms with Gasteiger partial charge < -0.3 is 19.1 Å². The van der Waals surface area contributed by atoms with Gasteiger partial charge in [0.15, 0.2) is 16.7 Å². The molecule has 8 heteroatoms. The lowest BCUT2D eigenvalue weighted by molar-refractivity contribution is -0.115. The number of nitrogens with one attached hydrogen (secondary N) is 2. The van der Waals surface area contributed by atoms with Gasteiger partial charge in [-0.25, -0.2) is 4.98 Å². The largest absolute Gasteiger partial charge is 0.463 e. The van der Waals surface area contributed by atoms with Gasteiger partial charge in [0.2, 0.25) is 5.91 Å². The van der Waals surface area contributed by atoms with Crippen molar-refractivity contribution in [2.45, 2.75) is 18.5 Å². The molecule has 148 valence electrons. The summed E-state index contributed by atoms with van der Waals surface area (Å²) in [5.74, 6) is 1.80. The molecule has 1 aromatic carbocycles. The predicted octanol–water partition coefficient (Wildman–Crippen LogP) is 6.01. The van der Waals surface area contributed by atoms with Gasteiger partial charge in [-0.2, -0.15) is 0 Å². The topological polar surface area (TPSA) is 84.1 Å². The van der Waals surface area contributed by atoms with E-state index in [1.54, 1.807) is 18.6 Å². The van der Waals surface area contributed by atoms with E-state index in [0.29, 0.717) is 45.3 Å². The van der Waals surface area contributed by atoms with Gasteiger partial charge in [0.1, 0.15) is 11.4 Å². The summed E-state index contributed by atoms with van der Waals surface area (Å²) in [7, 11) is 0. The molecule has 29 heavy (non-hydrogen) atoms. The predicted molar refractivity (Wildman–Crippen MR) is 114 cm³/mol. The van der Waals surface area contributed by atoms with Crippen molar-refractivity contribution in [2.24, 2.45) is 0 Å². The monoisotopic (exact) mass is 427 g/mol. The number of H-pyrrole nitrogens is 1. The summed E-state index contributed by atoms with van der Waals surface area (Å²) < 4.78 is 11.0. The molecule has 0 aliphatic heterocycles. The molecule has 3 heterocycles. The molecule has 3 aromatic heterocycles. The minimum Gasteiger partial charge on any atom is -0.463 e. The average Bonchev–Trinajstić information content (AvgIpc) is 3.45. The fourth-order valence-electron chi connectivity index (χ4n) is 2.75. The molecule has 0 fully saturated rings. The summed E-state index contributed by atoms with van der Waals surface area (Å²) >= 11 is 7.56. The number of hydrogen-bond acceptors (Lipinski definition) is 5. The molecule has 6 nitrogen and oxygen atoms in total. The van der Waals surface area contributed by atoms with Gasteiger partial charge in [0.25, 0.3) is 0 Å². The van der Waals surface area contributed by atoms with Crippen LogP contribution in [0.3, 0.4) is 0 Å². The van der Waals surface area contributed by atoms with Crippen LogP contribution in [0.2, 0.25) is 5.02 Å². The number of nitrogens with zero attached hydrogens (tertiary/aromatic N) is 1. The Morgan fingerprint density at radius 2 is 1.93 bits per heavy atom. The zero-order chi connectivity index (χ0) is 20.2. The van der Waals surface area contributed by atoms with Gasteiger partial charge in [-0.15, -0.1) is 0 Å². The van der Waals surface area contributed by atoms with Crippen LogP contribution in [0, 0.1) is 6.92 Å². The second-order valence-corrected chi connectivity index (χ2v) is 7.82. The Morgan fingerprint density at radius 1 is 1.17 bits per heavy atom. The van der Waals surface area contributed by atoms with Crippen molar-refractivity contribution in [1.82, 2.24) is 9.97 Å². The van der Waals surface area contributed by atoms with Crippen molar-refractivity contribution in [3.05, 3.63) is 65.6 Å². The number of carbonyl (C=O) groups excluding carboxylic acids is 1. The number of aryl methyl sites for hydroxylation is 1. The van der Waals surface area contributed by atoms with Crippen LogP contribution >= 0.6 is 23.4 Å². The number of aromatic amines is 1. The zero-order valence-electron chi connectivity index (χ0n) is 15.6. The first-order valence-electron chi connectivity index (χ1n) is 8.97. The third-order valence-electron chi connectivity index (χ3n) is 4.23. The van der Waals surface area contributed by atoms with E-state index >= 15 is 0 Å². The van der Waals surface area contributed by atoms with E-state index in [-0.39, 0.29) is 5.91 Å². The highest BCUT2D eigenvalue weighted by molar-refractivity contribution is 7.99. The Labute approximate surface area is 176 Å². The molecule has 0 spiro atoms. The number of benzene rings is 1. The third-order valence-corrected chi connectivity index (χ3v) is 5.51. The van der Waals surface area contributed by atoms with E-state index in [4.69, 9.17) is 20.4 Å². The van der Waals surface area contributed by atoms with Gasteiger partial charge in [-0.05, 0) is 48.9 Å². The highest BCUT2D eigenvalue weighted by atomic mass is 35.5. The highest BCUT2D eigenvalue weighted by Crippen LogP contribution is 2.33. The Balaban J connectivity index is 1.40. The molecule has 0 unspecified atom stereocenters. The molecule has 0 saturated heterocycles. The Kier molecular flexibility index (Phi) is 5.78. The molecule has 0 atom stereocenters. The van der Waals surface area contributed by atoms with Crippen molar-refractivity contribution in [2.75, 3.05) is 11.1 Å². The second kappa shape index (κ2) is 8.63. The summed E-state index contributed by atoms with van der Waals surface area (Å²) in [6.07, 6.45) is 3.55. The number of hydrogen-bond donors (Lipinski definition) is 2. The molecular weight excluding hydrogens is 410 g/mol. The first-order chi connectivity index (χ1) is 14.1. The molecule has 0 bridgehead atoms. The van der Waals surface area contributed by atoms with E-state index in [1.807, 2.05) is 43.3 Å². The first kappa shape index (κ1) is 19.4. The minimum absolute atomic E-state index is 0.0820. The van der Waals surface area contributed by atoms with E-state index < -0.39 is 0 Å². The van der Waals surface area contributed by atoms with Gasteiger partial charge in [-0.3, -0.25) is 4.79 Å². The maximum Gasteiger partial charge on any atom is 0.225 e. The maximum atomic E-state index is 12.2. The standard InChI is InChI=1S/C21H18ClN3O3S/c1-13-6-7-14(12-15(13)22)23-18(26)8-11-29-21-24-19(16-4-2-9-27-16)20(25-21)17-5-3-10-28-17/h2-7,9-10,12H,8,11H2,1H3,(H,23,26)(H,24,25). The van der Waals surface area contributed by atoms with E-state index in [0.717, 1.165) is 11.3 Å². The van der Waals surface area contributed by atoms with Gasteiger partial charge >= 0.3 is 0 Å².